The molecule has 2 aromatic rings. The van der Waals surface area contributed by atoms with E-state index in [1.54, 1.807) is 12.1 Å². The number of phenols is 1. The Labute approximate surface area is 156 Å². The van der Waals surface area contributed by atoms with Gasteiger partial charge < -0.3 is 14.6 Å². The molecule has 142 valence electrons. The molecular weight excluding hydrogens is 328 g/mol. The highest BCUT2D eigenvalue weighted by molar-refractivity contribution is 5.62. The zero-order valence-corrected chi connectivity index (χ0v) is 15.7. The molecule has 1 N–H and O–H groups in total. The number of unbranched alkanes of at least 4 members (excludes halogenated alkanes) is 4. The fourth-order valence-electron chi connectivity index (χ4n) is 2.67. The average Bonchev–Trinajstić information content (AvgIpc) is 2.67. The molecule has 1 aromatic heterocycles. The molecule has 26 heavy (non-hydrogen) atoms. The molecule has 0 aliphatic rings. The Kier molecular flexibility index (Phi) is 9.69. The van der Waals surface area contributed by atoms with Gasteiger partial charge in [-0.15, -0.1) is 0 Å². The van der Waals surface area contributed by atoms with E-state index in [0.717, 1.165) is 49.4 Å². The first-order chi connectivity index (χ1) is 12.8. The molecule has 0 saturated carbocycles. The van der Waals surface area contributed by atoms with Crippen molar-refractivity contribution in [3.63, 3.8) is 0 Å². The first-order valence-corrected chi connectivity index (χ1v) is 9.55. The van der Waals surface area contributed by atoms with Crippen molar-refractivity contribution in [2.24, 2.45) is 0 Å². The summed E-state index contributed by atoms with van der Waals surface area (Å²) in [6.45, 7) is 4.98. The van der Waals surface area contributed by atoms with E-state index >= 15 is 0 Å². The number of ether oxygens (including phenoxy) is 2. The normalized spacial score (nSPS) is 11.0. The second-order valence-electron chi connectivity index (χ2n) is 6.26. The van der Waals surface area contributed by atoms with Gasteiger partial charge in [-0.3, -0.25) is 0 Å². The third-order valence-electron chi connectivity index (χ3n) is 4.17. The summed E-state index contributed by atoms with van der Waals surface area (Å²) < 4.78 is 10.7. The van der Waals surface area contributed by atoms with Crippen LogP contribution in [0.4, 0.5) is 0 Å². The van der Waals surface area contributed by atoms with E-state index in [1.807, 2.05) is 31.5 Å². The monoisotopic (exact) mass is 358 g/mol. The maximum absolute atomic E-state index is 9.34. The maximum Gasteiger partial charge on any atom is 0.128 e. The van der Waals surface area contributed by atoms with Crippen molar-refractivity contribution in [3.8, 4) is 16.9 Å². The SMILES string of the molecule is CCOCCOCCCCCCCc1ncc(-c2ccc(O)cc2)cn1. The summed E-state index contributed by atoms with van der Waals surface area (Å²) in [6, 6.07) is 7.09. The van der Waals surface area contributed by atoms with Crippen molar-refractivity contribution < 1.29 is 14.6 Å². The van der Waals surface area contributed by atoms with E-state index in [0.29, 0.717) is 13.2 Å². The van der Waals surface area contributed by atoms with Crippen LogP contribution in [0, 0.1) is 0 Å². The van der Waals surface area contributed by atoms with Crippen LogP contribution in [-0.2, 0) is 15.9 Å². The summed E-state index contributed by atoms with van der Waals surface area (Å²) in [4.78, 5) is 8.91. The highest BCUT2D eigenvalue weighted by Gasteiger charge is 2.01. The lowest BCUT2D eigenvalue weighted by Crippen LogP contribution is -2.04. The number of phenolic OH excluding ortho intramolecular Hbond substituents is 1. The highest BCUT2D eigenvalue weighted by Crippen LogP contribution is 2.20. The maximum atomic E-state index is 9.34. The number of rotatable bonds is 13. The summed E-state index contributed by atoms with van der Waals surface area (Å²) in [7, 11) is 0. The molecule has 1 heterocycles. The minimum absolute atomic E-state index is 0.267. The molecule has 2 rings (SSSR count). The van der Waals surface area contributed by atoms with Crippen LogP contribution < -0.4 is 0 Å². The predicted octanol–water partition coefficient (Wildman–Crippen LogP) is 4.40. The molecule has 0 aliphatic heterocycles. The molecule has 5 heteroatoms. The number of aromatic nitrogens is 2. The Morgan fingerprint density at radius 2 is 1.42 bits per heavy atom. The lowest BCUT2D eigenvalue weighted by molar-refractivity contribution is 0.0512. The largest absolute Gasteiger partial charge is 0.508 e. The number of benzene rings is 1. The van der Waals surface area contributed by atoms with Crippen molar-refractivity contribution in [2.75, 3.05) is 26.4 Å². The van der Waals surface area contributed by atoms with Gasteiger partial charge in [0.1, 0.15) is 11.6 Å². The van der Waals surface area contributed by atoms with Crippen molar-refractivity contribution in [2.45, 2.75) is 45.4 Å². The lowest BCUT2D eigenvalue weighted by atomic mass is 10.1. The van der Waals surface area contributed by atoms with Crippen LogP contribution in [0.5, 0.6) is 5.75 Å². The van der Waals surface area contributed by atoms with E-state index in [1.165, 1.54) is 19.3 Å². The fourth-order valence-corrected chi connectivity index (χ4v) is 2.67. The first kappa shape index (κ1) is 20.3. The van der Waals surface area contributed by atoms with Crippen molar-refractivity contribution in [1.29, 1.82) is 0 Å². The van der Waals surface area contributed by atoms with Gasteiger partial charge in [0, 0.05) is 37.6 Å². The van der Waals surface area contributed by atoms with Crippen LogP contribution >= 0.6 is 0 Å². The third-order valence-corrected chi connectivity index (χ3v) is 4.17. The molecule has 1 aromatic carbocycles. The van der Waals surface area contributed by atoms with E-state index in [2.05, 4.69) is 9.97 Å². The van der Waals surface area contributed by atoms with Gasteiger partial charge in [0.2, 0.25) is 0 Å². The van der Waals surface area contributed by atoms with Gasteiger partial charge in [-0.05, 0) is 37.5 Å². The van der Waals surface area contributed by atoms with Crippen LogP contribution in [0.3, 0.4) is 0 Å². The van der Waals surface area contributed by atoms with Crippen LogP contribution in [0.1, 0.15) is 44.9 Å². The molecular formula is C21H30N2O3. The molecule has 5 nitrogen and oxygen atoms in total. The number of aryl methyl sites for hydroxylation is 1. The molecule has 0 aliphatic carbocycles. The minimum atomic E-state index is 0.267. The summed E-state index contributed by atoms with van der Waals surface area (Å²) in [5.74, 6) is 1.16. The standard InChI is InChI=1S/C21H30N2O3/c1-2-25-14-15-26-13-7-5-3-4-6-8-21-22-16-19(17-23-21)18-9-11-20(24)12-10-18/h9-12,16-17,24H,2-8,13-15H2,1H3. The van der Waals surface area contributed by atoms with Crippen LogP contribution in [0.25, 0.3) is 11.1 Å². The summed E-state index contributed by atoms with van der Waals surface area (Å²) in [6.07, 6.45) is 10.5. The van der Waals surface area contributed by atoms with Gasteiger partial charge in [0.05, 0.1) is 13.2 Å². The van der Waals surface area contributed by atoms with Crippen molar-refractivity contribution in [1.82, 2.24) is 9.97 Å². The molecule has 0 amide bonds. The quantitative estimate of drug-likeness (QED) is 0.538. The Hall–Kier alpha value is -1.98. The Morgan fingerprint density at radius 1 is 0.769 bits per heavy atom. The number of hydrogen-bond donors (Lipinski definition) is 1. The number of hydrogen-bond acceptors (Lipinski definition) is 5. The van der Waals surface area contributed by atoms with Crippen LogP contribution in [0.2, 0.25) is 0 Å². The first-order valence-electron chi connectivity index (χ1n) is 9.55. The van der Waals surface area contributed by atoms with E-state index < -0.39 is 0 Å². The van der Waals surface area contributed by atoms with Gasteiger partial charge in [-0.2, -0.15) is 0 Å². The molecule has 0 bridgehead atoms. The van der Waals surface area contributed by atoms with Gasteiger partial charge in [-0.25, -0.2) is 9.97 Å². The molecule has 0 atom stereocenters. The van der Waals surface area contributed by atoms with Crippen LogP contribution in [0.15, 0.2) is 36.7 Å². The Balaban J connectivity index is 1.54. The topological polar surface area (TPSA) is 64.5 Å². The molecule has 0 fully saturated rings. The lowest BCUT2D eigenvalue weighted by Gasteiger charge is -2.05. The Morgan fingerprint density at radius 3 is 2.15 bits per heavy atom. The fraction of sp³-hybridized carbons (Fsp3) is 0.524. The minimum Gasteiger partial charge on any atom is -0.508 e. The third kappa shape index (κ3) is 7.93. The summed E-state index contributed by atoms with van der Waals surface area (Å²) in [5, 5.41) is 9.34. The molecule has 0 radical (unpaired) electrons. The van der Waals surface area contributed by atoms with E-state index in [-0.39, 0.29) is 5.75 Å². The molecule has 0 unspecified atom stereocenters. The van der Waals surface area contributed by atoms with Gasteiger partial charge >= 0.3 is 0 Å². The van der Waals surface area contributed by atoms with Gasteiger partial charge in [0.25, 0.3) is 0 Å². The summed E-state index contributed by atoms with van der Waals surface area (Å²) in [5.41, 5.74) is 1.98. The second kappa shape index (κ2) is 12.4. The number of nitrogens with zero attached hydrogens (tertiary/aromatic N) is 2. The van der Waals surface area contributed by atoms with Crippen molar-refractivity contribution >= 4 is 0 Å². The zero-order chi connectivity index (χ0) is 18.5. The highest BCUT2D eigenvalue weighted by atomic mass is 16.5. The summed E-state index contributed by atoms with van der Waals surface area (Å²) >= 11 is 0. The van der Waals surface area contributed by atoms with Gasteiger partial charge in [0.15, 0.2) is 0 Å². The molecule has 0 saturated heterocycles. The zero-order valence-electron chi connectivity index (χ0n) is 15.7. The van der Waals surface area contributed by atoms with E-state index in [4.69, 9.17) is 9.47 Å². The van der Waals surface area contributed by atoms with Crippen molar-refractivity contribution in [3.05, 3.63) is 42.5 Å². The smallest absolute Gasteiger partial charge is 0.128 e. The average molecular weight is 358 g/mol. The predicted molar refractivity (Wildman–Crippen MR) is 103 cm³/mol. The molecule has 0 spiro atoms. The number of aromatic hydroxyl groups is 1. The van der Waals surface area contributed by atoms with E-state index in [9.17, 15) is 5.11 Å². The van der Waals surface area contributed by atoms with Crippen LogP contribution in [-0.4, -0.2) is 41.5 Å². The second-order valence-corrected chi connectivity index (χ2v) is 6.26. The van der Waals surface area contributed by atoms with Gasteiger partial charge in [-0.1, -0.05) is 31.4 Å². The Bertz CT molecular complexity index is 600.